The van der Waals surface area contributed by atoms with Crippen molar-refractivity contribution in [2.45, 2.75) is 25.8 Å². The molecule has 1 aliphatic heterocycles. The number of carboxylic acid groups (broad SMARTS) is 1. The maximum absolute atomic E-state index is 13.6. The van der Waals surface area contributed by atoms with Crippen LogP contribution >= 0.6 is 0 Å². The zero-order valence-electron chi connectivity index (χ0n) is 10.8. The monoisotopic (exact) mass is 275 g/mol. The van der Waals surface area contributed by atoms with E-state index in [-0.39, 0.29) is 5.82 Å². The van der Waals surface area contributed by atoms with E-state index in [1.54, 1.807) is 22.9 Å². The molecule has 1 N–H and O–H groups in total. The lowest BCUT2D eigenvalue weighted by Gasteiger charge is -2.17. The highest BCUT2D eigenvalue weighted by Gasteiger charge is 2.26. The van der Waals surface area contributed by atoms with Crippen molar-refractivity contribution in [1.29, 1.82) is 0 Å². The Morgan fingerprint density at radius 1 is 1.45 bits per heavy atom. The molecule has 1 aromatic carbocycles. The number of aliphatic carboxylic acids is 1. The van der Waals surface area contributed by atoms with E-state index in [1.807, 2.05) is 0 Å². The number of fused-ring (bicyclic) bond motifs is 1. The van der Waals surface area contributed by atoms with Gasteiger partial charge < -0.3 is 5.11 Å². The Bertz CT molecular complexity index is 654. The highest BCUT2D eigenvalue weighted by atomic mass is 19.1. The first-order valence-corrected chi connectivity index (χ1v) is 6.52. The molecule has 104 valence electrons. The van der Waals surface area contributed by atoms with Crippen LogP contribution in [0.3, 0.4) is 0 Å². The van der Waals surface area contributed by atoms with Gasteiger partial charge in [0.15, 0.2) is 5.82 Å². The average molecular weight is 275 g/mol. The molecule has 1 aromatic heterocycles. The molecule has 2 aromatic rings. The molecule has 3 rings (SSSR count). The summed E-state index contributed by atoms with van der Waals surface area (Å²) in [5, 5.41) is 13.4. The molecule has 1 aliphatic rings. The maximum atomic E-state index is 13.6. The highest BCUT2D eigenvalue weighted by Crippen LogP contribution is 2.20. The van der Waals surface area contributed by atoms with Crippen molar-refractivity contribution >= 4 is 5.97 Å². The fraction of sp³-hybridized carbons (Fsp3) is 0.357. The van der Waals surface area contributed by atoms with Crippen molar-refractivity contribution < 1.29 is 14.3 Å². The summed E-state index contributed by atoms with van der Waals surface area (Å²) in [7, 11) is 0. The predicted octanol–water partition coefficient (Wildman–Crippen LogP) is 1.66. The SMILES string of the molecule is O=C(O)C1CCn2nc(Cc3ccccc3F)nc2C1. The van der Waals surface area contributed by atoms with Gasteiger partial charge in [-0.15, -0.1) is 0 Å². The quantitative estimate of drug-likeness (QED) is 0.925. The normalized spacial score (nSPS) is 17.8. The standard InChI is InChI=1S/C14H14FN3O2/c15-11-4-2-1-3-9(11)7-12-16-13-8-10(14(19)20)5-6-18(13)17-12/h1-4,10H,5-8H2,(H,19,20). The van der Waals surface area contributed by atoms with Crippen LogP contribution in [0.4, 0.5) is 4.39 Å². The minimum absolute atomic E-state index is 0.274. The molecule has 20 heavy (non-hydrogen) atoms. The number of nitrogens with zero attached hydrogens (tertiary/aromatic N) is 3. The van der Waals surface area contributed by atoms with Crippen LogP contribution < -0.4 is 0 Å². The fourth-order valence-electron chi connectivity index (χ4n) is 2.45. The Hall–Kier alpha value is -2.24. The van der Waals surface area contributed by atoms with Crippen LogP contribution in [0.5, 0.6) is 0 Å². The molecule has 0 radical (unpaired) electrons. The third kappa shape index (κ3) is 2.41. The number of rotatable bonds is 3. The van der Waals surface area contributed by atoms with E-state index >= 15 is 0 Å². The molecular formula is C14H14FN3O2. The number of carboxylic acids is 1. The first-order valence-electron chi connectivity index (χ1n) is 6.52. The van der Waals surface area contributed by atoms with Gasteiger partial charge in [-0.25, -0.2) is 14.1 Å². The summed E-state index contributed by atoms with van der Waals surface area (Å²) in [5.74, 6) is -0.252. The van der Waals surface area contributed by atoms with Crippen LogP contribution in [0.15, 0.2) is 24.3 Å². The van der Waals surface area contributed by atoms with Gasteiger partial charge in [-0.05, 0) is 18.1 Å². The molecule has 0 amide bonds. The van der Waals surface area contributed by atoms with Gasteiger partial charge in [0.2, 0.25) is 0 Å². The molecular weight excluding hydrogens is 261 g/mol. The topological polar surface area (TPSA) is 68.0 Å². The molecule has 0 spiro atoms. The number of halogens is 1. The first kappa shape index (κ1) is 12.8. The third-order valence-corrected chi connectivity index (χ3v) is 3.57. The summed E-state index contributed by atoms with van der Waals surface area (Å²) in [6.07, 6.45) is 1.27. The first-order chi connectivity index (χ1) is 9.63. The Morgan fingerprint density at radius 3 is 3.00 bits per heavy atom. The summed E-state index contributed by atoms with van der Waals surface area (Å²) in [6, 6.07) is 6.53. The third-order valence-electron chi connectivity index (χ3n) is 3.57. The van der Waals surface area contributed by atoms with Crippen LogP contribution in [0.2, 0.25) is 0 Å². The molecule has 1 unspecified atom stereocenters. The van der Waals surface area contributed by atoms with Gasteiger partial charge in [0, 0.05) is 19.4 Å². The zero-order valence-corrected chi connectivity index (χ0v) is 10.8. The lowest BCUT2D eigenvalue weighted by atomic mass is 9.98. The van der Waals surface area contributed by atoms with E-state index in [1.165, 1.54) is 6.07 Å². The van der Waals surface area contributed by atoms with Crippen LogP contribution in [0.1, 0.15) is 23.6 Å². The minimum atomic E-state index is -0.796. The van der Waals surface area contributed by atoms with E-state index < -0.39 is 11.9 Å². The van der Waals surface area contributed by atoms with Crippen molar-refractivity contribution in [3.63, 3.8) is 0 Å². The van der Waals surface area contributed by atoms with E-state index in [0.29, 0.717) is 43.0 Å². The smallest absolute Gasteiger partial charge is 0.307 e. The van der Waals surface area contributed by atoms with Crippen LogP contribution in [-0.4, -0.2) is 25.8 Å². The average Bonchev–Trinajstić information content (AvgIpc) is 2.82. The Balaban J connectivity index is 1.81. The number of aromatic nitrogens is 3. The van der Waals surface area contributed by atoms with Gasteiger partial charge in [0.05, 0.1) is 5.92 Å². The van der Waals surface area contributed by atoms with Crippen molar-refractivity contribution in [3.05, 3.63) is 47.3 Å². The number of carbonyl (C=O) groups is 1. The predicted molar refractivity (Wildman–Crippen MR) is 68.7 cm³/mol. The van der Waals surface area contributed by atoms with Gasteiger partial charge in [-0.3, -0.25) is 4.79 Å². The van der Waals surface area contributed by atoms with Crippen LogP contribution in [-0.2, 0) is 24.2 Å². The van der Waals surface area contributed by atoms with E-state index in [9.17, 15) is 9.18 Å². The number of hydrogen-bond donors (Lipinski definition) is 1. The van der Waals surface area contributed by atoms with Gasteiger partial charge in [0.25, 0.3) is 0 Å². The molecule has 0 bridgehead atoms. The Labute approximate surface area is 115 Å². The molecule has 6 heteroatoms. The van der Waals surface area contributed by atoms with Crippen molar-refractivity contribution in [1.82, 2.24) is 14.8 Å². The lowest BCUT2D eigenvalue weighted by molar-refractivity contribution is -0.142. The van der Waals surface area contributed by atoms with Crippen molar-refractivity contribution in [2.24, 2.45) is 5.92 Å². The summed E-state index contributed by atoms with van der Waals surface area (Å²) in [4.78, 5) is 15.3. The Kier molecular flexibility index (Phi) is 3.22. The van der Waals surface area contributed by atoms with Crippen LogP contribution in [0, 0.1) is 11.7 Å². The highest BCUT2D eigenvalue weighted by molar-refractivity contribution is 5.70. The molecule has 0 aliphatic carbocycles. The molecule has 0 saturated carbocycles. The summed E-state index contributed by atoms with van der Waals surface area (Å²) in [6.45, 7) is 0.552. The summed E-state index contributed by atoms with van der Waals surface area (Å²) >= 11 is 0. The minimum Gasteiger partial charge on any atom is -0.481 e. The van der Waals surface area contributed by atoms with Gasteiger partial charge in [0.1, 0.15) is 11.6 Å². The summed E-state index contributed by atoms with van der Waals surface area (Å²) in [5.41, 5.74) is 0.547. The molecule has 5 nitrogen and oxygen atoms in total. The van der Waals surface area contributed by atoms with Crippen LogP contribution in [0.25, 0.3) is 0 Å². The van der Waals surface area contributed by atoms with E-state index in [0.717, 1.165) is 0 Å². The lowest BCUT2D eigenvalue weighted by Crippen LogP contribution is -2.26. The largest absolute Gasteiger partial charge is 0.481 e. The maximum Gasteiger partial charge on any atom is 0.307 e. The van der Waals surface area contributed by atoms with E-state index in [2.05, 4.69) is 10.1 Å². The molecule has 0 fully saturated rings. The molecule has 2 heterocycles. The Morgan fingerprint density at radius 2 is 2.25 bits per heavy atom. The van der Waals surface area contributed by atoms with Gasteiger partial charge in [-0.2, -0.15) is 5.10 Å². The number of hydrogen-bond acceptors (Lipinski definition) is 3. The second-order valence-corrected chi connectivity index (χ2v) is 4.96. The van der Waals surface area contributed by atoms with E-state index in [4.69, 9.17) is 5.11 Å². The molecule has 1 atom stereocenters. The van der Waals surface area contributed by atoms with Crippen molar-refractivity contribution in [2.75, 3.05) is 0 Å². The summed E-state index contributed by atoms with van der Waals surface area (Å²) < 4.78 is 15.3. The second-order valence-electron chi connectivity index (χ2n) is 4.96. The second kappa shape index (κ2) is 5.03. The number of aryl methyl sites for hydroxylation is 1. The number of benzene rings is 1. The molecule has 0 saturated heterocycles. The van der Waals surface area contributed by atoms with Crippen molar-refractivity contribution in [3.8, 4) is 0 Å². The fourth-order valence-corrected chi connectivity index (χ4v) is 2.45. The van der Waals surface area contributed by atoms with Gasteiger partial charge in [-0.1, -0.05) is 18.2 Å². The van der Waals surface area contributed by atoms with Gasteiger partial charge >= 0.3 is 5.97 Å². The zero-order chi connectivity index (χ0) is 14.1.